The lowest BCUT2D eigenvalue weighted by Crippen LogP contribution is -2.24. The van der Waals surface area contributed by atoms with Gasteiger partial charge in [-0.2, -0.15) is 18.4 Å². The maximum Gasteiger partial charge on any atom is 0.333 e. The van der Waals surface area contributed by atoms with Crippen molar-refractivity contribution < 1.29 is 13.0 Å². The number of rotatable bonds is 5. The summed E-state index contributed by atoms with van der Waals surface area (Å²) in [5.74, 6) is 0.416. The van der Waals surface area contributed by atoms with Gasteiger partial charge in [0.05, 0.1) is 0 Å². The minimum Gasteiger partial charge on any atom is -0.273 e. The van der Waals surface area contributed by atoms with Crippen LogP contribution in [0.3, 0.4) is 0 Å². The van der Waals surface area contributed by atoms with Crippen LogP contribution in [0.15, 0.2) is 5.16 Å². The molecule has 0 bridgehead atoms. The molecule has 0 saturated carbocycles. The van der Waals surface area contributed by atoms with E-state index in [1.807, 2.05) is 4.72 Å². The van der Waals surface area contributed by atoms with Crippen molar-refractivity contribution >= 4 is 22.1 Å². The average molecular weight is 225 g/mol. The first-order valence-electron chi connectivity index (χ1n) is 3.16. The zero-order chi connectivity index (χ0) is 9.73. The van der Waals surface area contributed by atoms with Crippen molar-refractivity contribution in [2.24, 2.45) is 0 Å². The van der Waals surface area contributed by atoms with E-state index >= 15 is 0 Å². The molecule has 0 radical (unpaired) electrons. The number of nitrogens with one attached hydrogen (secondary N) is 2. The Morgan fingerprint density at radius 3 is 2.92 bits per heavy atom. The number of H-pyrrole nitrogens is 1. The van der Waals surface area contributed by atoms with Gasteiger partial charge in [0.2, 0.25) is 5.16 Å². The minimum absolute atomic E-state index is 0.109. The highest BCUT2D eigenvalue weighted by molar-refractivity contribution is 7.99. The predicted molar refractivity (Wildman–Crippen MR) is 44.5 cm³/mol. The van der Waals surface area contributed by atoms with Gasteiger partial charge in [-0.05, 0) is 5.21 Å². The molecule has 74 valence electrons. The Bertz CT molecular complexity index is 334. The summed E-state index contributed by atoms with van der Waals surface area (Å²) in [6.07, 6.45) is 0. The van der Waals surface area contributed by atoms with Crippen LogP contribution in [0.25, 0.3) is 0 Å². The molecule has 0 amide bonds. The monoisotopic (exact) mass is 225 g/mol. The van der Waals surface area contributed by atoms with Crippen LogP contribution in [0.5, 0.6) is 0 Å². The molecule has 0 unspecified atom stereocenters. The molecule has 8 nitrogen and oxygen atoms in total. The van der Waals surface area contributed by atoms with Gasteiger partial charge in [0.1, 0.15) is 0 Å². The number of tetrazole rings is 1. The second-order valence-corrected chi connectivity index (χ2v) is 4.21. The van der Waals surface area contributed by atoms with Gasteiger partial charge >= 0.3 is 10.3 Å². The van der Waals surface area contributed by atoms with E-state index in [0.717, 1.165) is 0 Å². The fourth-order valence-electron chi connectivity index (χ4n) is 0.527. The Morgan fingerprint density at radius 1 is 1.62 bits per heavy atom. The zero-order valence-corrected chi connectivity index (χ0v) is 7.97. The third kappa shape index (κ3) is 4.77. The first-order chi connectivity index (χ1) is 6.08. The summed E-state index contributed by atoms with van der Waals surface area (Å²) >= 11 is 1.21. The number of nitrogens with zero attached hydrogens (tertiary/aromatic N) is 3. The van der Waals surface area contributed by atoms with Gasteiger partial charge in [-0.3, -0.25) is 4.55 Å². The lowest BCUT2D eigenvalue weighted by Gasteiger charge is -1.97. The van der Waals surface area contributed by atoms with E-state index in [4.69, 9.17) is 4.55 Å². The van der Waals surface area contributed by atoms with Crippen molar-refractivity contribution in [3.8, 4) is 0 Å². The SMILES string of the molecule is O=S(=O)(O)NCCSc1nn[nH]n1. The van der Waals surface area contributed by atoms with E-state index < -0.39 is 10.3 Å². The minimum atomic E-state index is -4.09. The molecule has 0 aliphatic carbocycles. The van der Waals surface area contributed by atoms with Crippen LogP contribution in [-0.4, -0.2) is 45.9 Å². The molecule has 0 saturated heterocycles. The zero-order valence-electron chi connectivity index (χ0n) is 6.34. The molecule has 0 fully saturated rings. The van der Waals surface area contributed by atoms with Crippen LogP contribution in [0.1, 0.15) is 0 Å². The number of hydrogen-bond acceptors (Lipinski definition) is 6. The molecule has 1 rings (SSSR count). The molecular formula is C3H7N5O3S2. The highest BCUT2D eigenvalue weighted by Gasteiger charge is 2.03. The lowest BCUT2D eigenvalue weighted by atomic mass is 10.8. The highest BCUT2D eigenvalue weighted by Crippen LogP contribution is 2.07. The summed E-state index contributed by atoms with van der Waals surface area (Å²) in [4.78, 5) is 0. The lowest BCUT2D eigenvalue weighted by molar-refractivity contribution is 0.470. The highest BCUT2D eigenvalue weighted by atomic mass is 32.2. The first-order valence-corrected chi connectivity index (χ1v) is 5.59. The molecule has 13 heavy (non-hydrogen) atoms. The van der Waals surface area contributed by atoms with E-state index in [1.54, 1.807) is 0 Å². The van der Waals surface area contributed by atoms with Crippen molar-refractivity contribution in [3.63, 3.8) is 0 Å². The molecule has 0 aromatic carbocycles. The van der Waals surface area contributed by atoms with Gasteiger partial charge in [-0.15, -0.1) is 10.2 Å². The maximum absolute atomic E-state index is 10.2. The molecule has 0 aliphatic heterocycles. The van der Waals surface area contributed by atoms with Crippen LogP contribution >= 0.6 is 11.8 Å². The number of aromatic amines is 1. The quantitative estimate of drug-likeness (QED) is 0.323. The summed E-state index contributed by atoms with van der Waals surface area (Å²) in [5, 5.41) is 13.2. The van der Waals surface area contributed by atoms with Gasteiger partial charge in [-0.25, -0.2) is 0 Å². The molecule has 1 aromatic heterocycles. The van der Waals surface area contributed by atoms with E-state index in [-0.39, 0.29) is 6.54 Å². The Morgan fingerprint density at radius 2 is 2.38 bits per heavy atom. The van der Waals surface area contributed by atoms with Crippen molar-refractivity contribution in [3.05, 3.63) is 0 Å². The van der Waals surface area contributed by atoms with E-state index in [2.05, 4.69) is 20.6 Å². The van der Waals surface area contributed by atoms with Gasteiger partial charge in [0, 0.05) is 12.3 Å². The molecule has 0 spiro atoms. The van der Waals surface area contributed by atoms with Crippen molar-refractivity contribution in [1.29, 1.82) is 0 Å². The molecule has 10 heteroatoms. The van der Waals surface area contributed by atoms with Crippen molar-refractivity contribution in [2.75, 3.05) is 12.3 Å². The van der Waals surface area contributed by atoms with Crippen LogP contribution in [0.4, 0.5) is 0 Å². The van der Waals surface area contributed by atoms with Gasteiger partial charge in [-0.1, -0.05) is 11.8 Å². The molecule has 1 heterocycles. The Kier molecular flexibility index (Phi) is 3.59. The smallest absolute Gasteiger partial charge is 0.273 e. The third-order valence-corrected chi connectivity index (χ3v) is 2.35. The third-order valence-electron chi connectivity index (χ3n) is 0.944. The molecule has 0 aliphatic rings. The van der Waals surface area contributed by atoms with Crippen LogP contribution in [0, 0.1) is 0 Å². The van der Waals surface area contributed by atoms with Gasteiger partial charge in [0.25, 0.3) is 0 Å². The van der Waals surface area contributed by atoms with E-state index in [9.17, 15) is 8.42 Å². The molecule has 0 atom stereocenters. The normalized spacial score (nSPS) is 11.8. The Balaban J connectivity index is 2.16. The number of aromatic nitrogens is 4. The second kappa shape index (κ2) is 4.50. The Hall–Kier alpha value is -0.710. The first kappa shape index (κ1) is 10.4. The number of thioether (sulfide) groups is 1. The predicted octanol–water partition coefficient (Wildman–Crippen LogP) is -1.32. The van der Waals surface area contributed by atoms with Crippen LogP contribution < -0.4 is 4.72 Å². The van der Waals surface area contributed by atoms with Crippen molar-refractivity contribution in [1.82, 2.24) is 25.3 Å². The van der Waals surface area contributed by atoms with Crippen molar-refractivity contribution in [2.45, 2.75) is 5.16 Å². The molecular weight excluding hydrogens is 218 g/mol. The average Bonchev–Trinajstić information content (AvgIpc) is 2.48. The fourth-order valence-corrected chi connectivity index (χ4v) is 1.61. The topological polar surface area (TPSA) is 121 Å². The summed E-state index contributed by atoms with van der Waals surface area (Å²) in [5.41, 5.74) is 0. The summed E-state index contributed by atoms with van der Waals surface area (Å²) in [6, 6.07) is 0. The molecule has 1 aromatic rings. The van der Waals surface area contributed by atoms with E-state index in [0.29, 0.717) is 10.9 Å². The second-order valence-electron chi connectivity index (χ2n) is 1.91. The maximum atomic E-state index is 10.2. The summed E-state index contributed by atoms with van der Waals surface area (Å²) < 4.78 is 30.5. The largest absolute Gasteiger partial charge is 0.333 e. The van der Waals surface area contributed by atoms with Crippen LogP contribution in [0.2, 0.25) is 0 Å². The summed E-state index contributed by atoms with van der Waals surface area (Å²) in [6.45, 7) is 0.109. The standard InChI is InChI=1S/C3H7N5O3S2/c9-13(10,11)4-1-2-12-3-5-7-8-6-3/h4H,1-2H2,(H,9,10,11)(H,5,6,7,8). The number of hydrogen-bond donors (Lipinski definition) is 3. The molecule has 3 N–H and O–H groups in total. The van der Waals surface area contributed by atoms with Gasteiger partial charge < -0.3 is 0 Å². The Labute approximate surface area is 78.4 Å². The summed E-state index contributed by atoms with van der Waals surface area (Å²) in [7, 11) is -4.09. The van der Waals surface area contributed by atoms with Crippen LogP contribution in [-0.2, 0) is 10.3 Å². The van der Waals surface area contributed by atoms with E-state index in [1.165, 1.54) is 11.8 Å². The fraction of sp³-hybridized carbons (Fsp3) is 0.667. The van der Waals surface area contributed by atoms with Gasteiger partial charge in [0.15, 0.2) is 0 Å².